The van der Waals surface area contributed by atoms with Crippen molar-refractivity contribution in [3.63, 3.8) is 0 Å². The lowest BCUT2D eigenvalue weighted by atomic mass is 9.85. The van der Waals surface area contributed by atoms with E-state index in [4.69, 9.17) is 14.6 Å². The van der Waals surface area contributed by atoms with Crippen molar-refractivity contribution < 1.29 is 19.8 Å². The van der Waals surface area contributed by atoms with E-state index in [9.17, 15) is 15.0 Å². The Balaban J connectivity index is 1.75. The Morgan fingerprint density at radius 2 is 2.09 bits per heavy atom. The molecule has 2 N–H and O–H groups in total. The Morgan fingerprint density at radius 3 is 2.82 bits per heavy atom. The Bertz CT molecular complexity index is 1350. The van der Waals surface area contributed by atoms with Gasteiger partial charge in [-0.1, -0.05) is 30.3 Å². The van der Waals surface area contributed by atoms with Gasteiger partial charge in [0.05, 0.1) is 36.3 Å². The van der Waals surface area contributed by atoms with E-state index < -0.39 is 17.5 Å². The number of ether oxygens (including phenoxy) is 1. The normalized spacial score (nSPS) is 21.8. The van der Waals surface area contributed by atoms with Crippen LogP contribution in [0.4, 0.5) is 0 Å². The molecule has 2 aliphatic heterocycles. The van der Waals surface area contributed by atoms with Gasteiger partial charge in [0.15, 0.2) is 6.29 Å². The van der Waals surface area contributed by atoms with Gasteiger partial charge in [-0.25, -0.2) is 4.98 Å². The summed E-state index contributed by atoms with van der Waals surface area (Å²) in [5.74, 6) is 0. The van der Waals surface area contributed by atoms with E-state index in [1.54, 1.807) is 23.8 Å². The maximum Gasteiger partial charge on any atom is 0.257 e. The number of benzene rings is 1. The van der Waals surface area contributed by atoms with Crippen LogP contribution in [0.5, 0.6) is 0 Å². The first kappa shape index (κ1) is 21.8. The number of fused-ring (bicyclic) bond motifs is 5. The standard InChI is InChI=1S/C25H27N3O5/c1-5-25(31)18-10-20-21-16(12-28(20)22(29)17(18)13-32-23(25)30)15(11-26-33-24(2,3)4)14-8-6-7-9-19(14)27-21/h6-11,23,30-31H,5,12-13H2,1-4H3/b26-11+/t23?,25-/m0/s1. The lowest BCUT2D eigenvalue weighted by molar-refractivity contribution is -0.236. The van der Waals surface area contributed by atoms with Crippen molar-refractivity contribution in [1.82, 2.24) is 9.55 Å². The highest BCUT2D eigenvalue weighted by Crippen LogP contribution is 2.41. The van der Waals surface area contributed by atoms with Crippen molar-refractivity contribution in [2.24, 2.45) is 5.16 Å². The fraction of sp³-hybridized carbons (Fsp3) is 0.400. The number of aliphatic hydroxyl groups is 2. The van der Waals surface area contributed by atoms with E-state index in [2.05, 4.69) is 5.16 Å². The minimum atomic E-state index is -1.66. The Kier molecular flexibility index (Phi) is 4.93. The van der Waals surface area contributed by atoms with Gasteiger partial charge in [0.2, 0.25) is 0 Å². The number of pyridine rings is 2. The van der Waals surface area contributed by atoms with Gasteiger partial charge in [-0.2, -0.15) is 0 Å². The van der Waals surface area contributed by atoms with Gasteiger partial charge in [-0.05, 0) is 39.3 Å². The van der Waals surface area contributed by atoms with E-state index in [0.29, 0.717) is 29.1 Å². The van der Waals surface area contributed by atoms with E-state index in [1.165, 1.54) is 0 Å². The molecule has 2 aliphatic rings. The molecule has 0 amide bonds. The van der Waals surface area contributed by atoms with Crippen LogP contribution in [0.15, 0.2) is 40.3 Å². The second-order valence-electron chi connectivity index (χ2n) is 9.56. The minimum Gasteiger partial charge on any atom is -0.390 e. The van der Waals surface area contributed by atoms with Crippen LogP contribution in [-0.2, 0) is 28.3 Å². The molecule has 0 bridgehead atoms. The number of hydrogen-bond acceptors (Lipinski definition) is 7. The molecule has 0 fully saturated rings. The number of aliphatic hydroxyl groups excluding tert-OH is 1. The summed E-state index contributed by atoms with van der Waals surface area (Å²) in [6, 6.07) is 9.50. The van der Waals surface area contributed by atoms with Crippen molar-refractivity contribution >= 4 is 17.1 Å². The average molecular weight is 450 g/mol. The fourth-order valence-electron chi connectivity index (χ4n) is 4.56. The number of nitrogens with zero attached hydrogens (tertiary/aromatic N) is 3. The first-order valence-corrected chi connectivity index (χ1v) is 11.1. The van der Waals surface area contributed by atoms with Gasteiger partial charge in [0.1, 0.15) is 11.2 Å². The van der Waals surface area contributed by atoms with E-state index >= 15 is 0 Å². The molecule has 1 unspecified atom stereocenters. The zero-order chi connectivity index (χ0) is 23.5. The van der Waals surface area contributed by atoms with Gasteiger partial charge in [-0.3, -0.25) is 4.79 Å². The quantitative estimate of drug-likeness (QED) is 0.368. The van der Waals surface area contributed by atoms with Crippen LogP contribution < -0.4 is 5.56 Å². The highest BCUT2D eigenvalue weighted by atomic mass is 16.6. The summed E-state index contributed by atoms with van der Waals surface area (Å²) in [5, 5.41) is 26.6. The van der Waals surface area contributed by atoms with Gasteiger partial charge in [-0.15, -0.1) is 0 Å². The zero-order valence-electron chi connectivity index (χ0n) is 19.1. The largest absolute Gasteiger partial charge is 0.390 e. The van der Waals surface area contributed by atoms with Crippen molar-refractivity contribution in [2.75, 3.05) is 0 Å². The molecule has 0 saturated heterocycles. The predicted octanol–water partition coefficient (Wildman–Crippen LogP) is 3.02. The van der Waals surface area contributed by atoms with Gasteiger partial charge in [0, 0.05) is 27.6 Å². The maximum atomic E-state index is 13.4. The predicted molar refractivity (Wildman–Crippen MR) is 124 cm³/mol. The molecule has 172 valence electrons. The lowest BCUT2D eigenvalue weighted by Gasteiger charge is -2.37. The second kappa shape index (κ2) is 7.48. The zero-order valence-corrected chi connectivity index (χ0v) is 19.1. The summed E-state index contributed by atoms with van der Waals surface area (Å²) in [5.41, 5.74) is 2.13. The number of oxime groups is 1. The van der Waals surface area contributed by atoms with Gasteiger partial charge >= 0.3 is 0 Å². The third kappa shape index (κ3) is 3.37. The van der Waals surface area contributed by atoms with Crippen molar-refractivity contribution in [3.05, 3.63) is 62.9 Å². The second-order valence-corrected chi connectivity index (χ2v) is 9.56. The molecule has 2 atom stereocenters. The first-order chi connectivity index (χ1) is 15.6. The van der Waals surface area contributed by atoms with Crippen molar-refractivity contribution in [3.8, 4) is 11.4 Å². The molecule has 33 heavy (non-hydrogen) atoms. The summed E-state index contributed by atoms with van der Waals surface area (Å²) in [6.45, 7) is 7.77. The lowest BCUT2D eigenvalue weighted by Crippen LogP contribution is -2.47. The highest BCUT2D eigenvalue weighted by molar-refractivity contribution is 6.02. The molecule has 1 aromatic carbocycles. The first-order valence-electron chi connectivity index (χ1n) is 11.1. The summed E-state index contributed by atoms with van der Waals surface area (Å²) >= 11 is 0. The molecule has 8 nitrogen and oxygen atoms in total. The fourth-order valence-corrected chi connectivity index (χ4v) is 4.56. The van der Waals surface area contributed by atoms with Gasteiger partial charge in [0.25, 0.3) is 5.56 Å². The molecule has 0 aliphatic carbocycles. The summed E-state index contributed by atoms with van der Waals surface area (Å²) < 4.78 is 6.99. The van der Waals surface area contributed by atoms with Crippen LogP contribution >= 0.6 is 0 Å². The van der Waals surface area contributed by atoms with Gasteiger partial charge < -0.3 is 24.4 Å². The Hall–Kier alpha value is -3.07. The van der Waals surface area contributed by atoms with Crippen LogP contribution in [0.1, 0.15) is 56.4 Å². The monoisotopic (exact) mass is 449 g/mol. The molecular formula is C25H27N3O5. The molecule has 4 heterocycles. The molecule has 0 radical (unpaired) electrons. The third-order valence-corrected chi connectivity index (χ3v) is 6.30. The summed E-state index contributed by atoms with van der Waals surface area (Å²) in [7, 11) is 0. The molecule has 0 saturated carbocycles. The van der Waals surface area contributed by atoms with Crippen LogP contribution in [0, 0.1) is 0 Å². The smallest absolute Gasteiger partial charge is 0.257 e. The van der Waals surface area contributed by atoms with Crippen LogP contribution in [0.2, 0.25) is 0 Å². The van der Waals surface area contributed by atoms with E-state index in [0.717, 1.165) is 22.0 Å². The van der Waals surface area contributed by atoms with Crippen molar-refractivity contribution in [1.29, 1.82) is 0 Å². The van der Waals surface area contributed by atoms with Crippen LogP contribution in [-0.4, -0.2) is 37.9 Å². The van der Waals surface area contributed by atoms with E-state index in [1.807, 2.05) is 45.0 Å². The Labute approximate surface area is 191 Å². The topological polar surface area (TPSA) is 106 Å². The molecular weight excluding hydrogens is 422 g/mol. The molecule has 5 rings (SSSR count). The molecule has 8 heteroatoms. The summed E-state index contributed by atoms with van der Waals surface area (Å²) in [4.78, 5) is 23.9. The summed E-state index contributed by atoms with van der Waals surface area (Å²) in [6.07, 6.45) is 0.477. The third-order valence-electron chi connectivity index (χ3n) is 6.30. The van der Waals surface area contributed by atoms with E-state index in [-0.39, 0.29) is 18.6 Å². The number of rotatable bonds is 3. The molecule has 2 aromatic heterocycles. The minimum absolute atomic E-state index is 0.0581. The maximum absolute atomic E-state index is 13.4. The number of aromatic nitrogens is 2. The number of para-hydroxylation sites is 1. The SMILES string of the molecule is CC[C@]1(O)c2cc3n(c(=O)c2COC1O)Cc1c-3nc2ccccc2c1/C=N/OC(C)(C)C. The van der Waals surface area contributed by atoms with Crippen molar-refractivity contribution in [2.45, 2.75) is 64.8 Å². The highest BCUT2D eigenvalue weighted by Gasteiger charge is 2.44. The average Bonchev–Trinajstić information content (AvgIpc) is 3.14. The van der Waals surface area contributed by atoms with Crippen LogP contribution in [0.3, 0.4) is 0 Å². The molecule has 0 spiro atoms. The molecule has 3 aromatic rings. The van der Waals surface area contributed by atoms with Crippen LogP contribution in [0.25, 0.3) is 22.3 Å². The number of hydrogen-bond donors (Lipinski definition) is 2. The Morgan fingerprint density at radius 1 is 1.33 bits per heavy atom.